The van der Waals surface area contributed by atoms with Crippen LogP contribution < -0.4 is 16.0 Å². The summed E-state index contributed by atoms with van der Waals surface area (Å²) in [6.07, 6.45) is 4.95. The van der Waals surface area contributed by atoms with E-state index < -0.39 is 0 Å². The third-order valence-corrected chi connectivity index (χ3v) is 7.40. The molecule has 3 aromatic rings. The number of carbonyl (C=O) groups excluding carboxylic acids is 2. The second kappa shape index (κ2) is 13.1. The Morgan fingerprint density at radius 1 is 1.08 bits per heavy atom. The minimum Gasteiger partial charge on any atom is -0.353 e. The van der Waals surface area contributed by atoms with Crippen LogP contribution in [0.15, 0.2) is 65.9 Å². The van der Waals surface area contributed by atoms with Gasteiger partial charge in [-0.1, -0.05) is 47.1 Å². The molecule has 2 heterocycles. The van der Waals surface area contributed by atoms with Gasteiger partial charge in [0, 0.05) is 53.4 Å². The van der Waals surface area contributed by atoms with Gasteiger partial charge in [0.25, 0.3) is 0 Å². The van der Waals surface area contributed by atoms with Gasteiger partial charge in [0.1, 0.15) is 11.5 Å². The average molecular weight is 538 g/mol. The summed E-state index contributed by atoms with van der Waals surface area (Å²) in [6.45, 7) is 3.01. The van der Waals surface area contributed by atoms with E-state index in [1.165, 1.54) is 11.3 Å². The molecule has 0 saturated carbocycles. The van der Waals surface area contributed by atoms with Gasteiger partial charge >= 0.3 is 6.03 Å². The zero-order valence-corrected chi connectivity index (χ0v) is 21.8. The molecule has 8 nitrogen and oxygen atoms in total. The number of thiophene rings is 1. The number of hydrogen-bond acceptors (Lipinski definition) is 6. The highest BCUT2D eigenvalue weighted by atomic mass is 35.5. The molecule has 4 rings (SSSR count). The normalized spacial score (nSPS) is 13.2. The Hall–Kier alpha value is -3.53. The molecule has 0 aliphatic carbocycles. The smallest absolute Gasteiger partial charge is 0.324 e. The summed E-state index contributed by atoms with van der Waals surface area (Å²) in [5.74, 6) is -0.110. The summed E-state index contributed by atoms with van der Waals surface area (Å²) in [5.41, 5.74) is 3.49. The molecule has 2 aromatic carbocycles. The van der Waals surface area contributed by atoms with Gasteiger partial charge in [-0.15, -0.1) is 11.3 Å². The highest BCUT2D eigenvalue weighted by molar-refractivity contribution is 7.16. The molecule has 1 aromatic heterocycles. The van der Waals surface area contributed by atoms with Gasteiger partial charge in [-0.2, -0.15) is 4.91 Å². The molecule has 10 heteroatoms. The number of urea groups is 1. The third-order valence-electron chi connectivity index (χ3n) is 5.97. The maximum atomic E-state index is 12.6. The molecule has 0 unspecified atom stereocenters. The average Bonchev–Trinajstić information content (AvgIpc) is 3.23. The molecular weight excluding hydrogens is 510 g/mol. The number of fused-ring (bicyclic) bond motifs is 1. The van der Waals surface area contributed by atoms with Crippen molar-refractivity contribution < 1.29 is 9.59 Å². The number of benzene rings is 2. The molecule has 0 fully saturated rings. The zero-order valence-electron chi connectivity index (χ0n) is 20.2. The lowest BCUT2D eigenvalue weighted by Gasteiger charge is -2.27. The number of halogens is 1. The van der Waals surface area contributed by atoms with Gasteiger partial charge in [-0.3, -0.25) is 15.0 Å². The largest absolute Gasteiger partial charge is 0.353 e. The number of rotatable bonds is 10. The van der Waals surface area contributed by atoms with Gasteiger partial charge < -0.3 is 10.6 Å². The molecular formula is C27H28ClN5O3S. The number of anilines is 2. The Morgan fingerprint density at radius 3 is 2.62 bits per heavy atom. The molecule has 1 aliphatic rings. The second-order valence-corrected chi connectivity index (χ2v) is 10.1. The summed E-state index contributed by atoms with van der Waals surface area (Å²) in [4.78, 5) is 39.2. The zero-order chi connectivity index (χ0) is 26.0. The van der Waals surface area contributed by atoms with E-state index in [9.17, 15) is 14.5 Å². The van der Waals surface area contributed by atoms with E-state index in [0.29, 0.717) is 22.3 Å². The summed E-state index contributed by atoms with van der Waals surface area (Å²) in [7, 11) is 0. The summed E-state index contributed by atoms with van der Waals surface area (Å²) in [6, 6.07) is 16.1. The molecule has 3 N–H and O–H groups in total. The lowest BCUT2D eigenvalue weighted by atomic mass is 10.0. The molecule has 3 amide bonds. The Labute approximate surface area is 224 Å². The van der Waals surface area contributed by atoms with Gasteiger partial charge in [0.15, 0.2) is 0 Å². The molecule has 37 heavy (non-hydrogen) atoms. The topological polar surface area (TPSA) is 103 Å². The maximum Gasteiger partial charge on any atom is 0.324 e. The Balaban J connectivity index is 1.27. The molecule has 0 bridgehead atoms. The van der Waals surface area contributed by atoms with Crippen molar-refractivity contribution in [1.29, 1.82) is 0 Å². The van der Waals surface area contributed by atoms with Crippen molar-refractivity contribution in [2.45, 2.75) is 25.9 Å². The number of nitroso groups, excluding NO2 is 1. The van der Waals surface area contributed by atoms with E-state index in [-0.39, 0.29) is 18.5 Å². The van der Waals surface area contributed by atoms with Crippen molar-refractivity contribution in [2.24, 2.45) is 5.18 Å². The monoisotopic (exact) mass is 537 g/mol. The van der Waals surface area contributed by atoms with Crippen LogP contribution in [0, 0.1) is 4.91 Å². The minimum atomic E-state index is -0.387. The van der Waals surface area contributed by atoms with Crippen LogP contribution >= 0.6 is 22.9 Å². The van der Waals surface area contributed by atoms with Crippen LogP contribution in [-0.2, 0) is 24.3 Å². The highest BCUT2D eigenvalue weighted by Gasteiger charge is 2.25. The lowest BCUT2D eigenvalue weighted by Crippen LogP contribution is -2.33. The third kappa shape index (κ3) is 7.72. The molecule has 1 aliphatic heterocycles. The van der Waals surface area contributed by atoms with E-state index in [0.717, 1.165) is 54.0 Å². The fraction of sp³-hybridized carbons (Fsp3) is 0.259. The summed E-state index contributed by atoms with van der Waals surface area (Å²) >= 11 is 7.38. The maximum absolute atomic E-state index is 12.6. The van der Waals surface area contributed by atoms with Crippen molar-refractivity contribution in [3.63, 3.8) is 0 Å². The fourth-order valence-electron chi connectivity index (χ4n) is 4.15. The molecule has 0 saturated heterocycles. The van der Waals surface area contributed by atoms with Crippen LogP contribution in [0.2, 0.25) is 5.02 Å². The van der Waals surface area contributed by atoms with Crippen LogP contribution in [-0.4, -0.2) is 36.5 Å². The Kier molecular flexibility index (Phi) is 9.42. The number of hydrogen-bond donors (Lipinski definition) is 3. The first-order valence-electron chi connectivity index (χ1n) is 12.0. The van der Waals surface area contributed by atoms with Crippen molar-refractivity contribution in [3.8, 4) is 0 Å². The van der Waals surface area contributed by atoms with E-state index in [1.54, 1.807) is 36.4 Å². The van der Waals surface area contributed by atoms with Crippen molar-refractivity contribution in [1.82, 2.24) is 10.2 Å². The predicted octanol–water partition coefficient (Wildman–Crippen LogP) is 5.89. The number of nitrogens with zero attached hydrogens (tertiary/aromatic N) is 2. The minimum absolute atomic E-state index is 0.0188. The van der Waals surface area contributed by atoms with Crippen LogP contribution in [0.25, 0.3) is 6.08 Å². The molecule has 0 spiro atoms. The first kappa shape index (κ1) is 26.5. The number of carbonyl (C=O) groups is 2. The van der Waals surface area contributed by atoms with Gasteiger partial charge in [-0.25, -0.2) is 4.79 Å². The number of amides is 3. The Morgan fingerprint density at radius 2 is 1.86 bits per heavy atom. The molecule has 0 atom stereocenters. The Bertz CT molecular complexity index is 1260. The molecule has 192 valence electrons. The van der Waals surface area contributed by atoms with Gasteiger partial charge in [0.2, 0.25) is 5.91 Å². The fourth-order valence-corrected chi connectivity index (χ4v) is 5.58. The van der Waals surface area contributed by atoms with Crippen molar-refractivity contribution >= 4 is 51.6 Å². The van der Waals surface area contributed by atoms with E-state index in [1.807, 2.05) is 30.3 Å². The molecule has 0 radical (unpaired) electrons. The number of nitrogens with one attached hydrogen (secondary N) is 3. The van der Waals surface area contributed by atoms with Gasteiger partial charge in [0.05, 0.1) is 0 Å². The van der Waals surface area contributed by atoms with E-state index in [4.69, 9.17) is 11.6 Å². The summed E-state index contributed by atoms with van der Waals surface area (Å²) in [5, 5.41) is 12.9. The van der Waals surface area contributed by atoms with Gasteiger partial charge in [-0.05, 0) is 54.3 Å². The first-order valence-corrected chi connectivity index (χ1v) is 13.2. The van der Waals surface area contributed by atoms with Crippen molar-refractivity contribution in [2.75, 3.05) is 30.3 Å². The van der Waals surface area contributed by atoms with Crippen LogP contribution in [0.5, 0.6) is 0 Å². The van der Waals surface area contributed by atoms with Crippen molar-refractivity contribution in [3.05, 3.63) is 92.2 Å². The van der Waals surface area contributed by atoms with Crippen LogP contribution in [0.3, 0.4) is 0 Å². The van der Waals surface area contributed by atoms with E-state index >= 15 is 0 Å². The first-order chi connectivity index (χ1) is 18.0. The quantitative estimate of drug-likeness (QED) is 0.170. The van der Waals surface area contributed by atoms with Crippen LogP contribution in [0.4, 0.5) is 15.5 Å². The second-order valence-electron chi connectivity index (χ2n) is 8.60. The standard InChI is InChI=1S/C27H28ClN5O3S/c28-20-8-10-21(11-9-20)31-27(35)32-26-23(17-30-36)22-13-16-33(18-24(22)37-26)15-4-14-29-25(34)12-7-19-5-2-1-3-6-19/h1-3,5-12H,4,13-18H2,(H,29,34)(H2,31,32,35)/b12-7+. The SMILES string of the molecule is O=NCc1c(NC(=O)Nc2ccc(Cl)cc2)sc2c1CCN(CCCNC(=O)/C=C/c1ccccc1)C2. The predicted molar refractivity (Wildman–Crippen MR) is 150 cm³/mol. The lowest BCUT2D eigenvalue weighted by molar-refractivity contribution is -0.116. The highest BCUT2D eigenvalue weighted by Crippen LogP contribution is 2.37. The van der Waals surface area contributed by atoms with Crippen LogP contribution in [0.1, 0.15) is 28.0 Å². The van der Waals surface area contributed by atoms with E-state index in [2.05, 4.69) is 26.0 Å². The summed E-state index contributed by atoms with van der Waals surface area (Å²) < 4.78 is 0.